The van der Waals surface area contributed by atoms with Gasteiger partial charge in [0, 0.05) is 55.7 Å². The van der Waals surface area contributed by atoms with E-state index in [0.29, 0.717) is 22.8 Å². The lowest BCUT2D eigenvalue weighted by Crippen LogP contribution is -2.47. The number of amides is 2. The number of benzene rings is 1. The number of carbonyl (C=O) groups is 2. The average molecular weight is 475 g/mol. The molecular formula is C25H34BN7O2. The summed E-state index contributed by atoms with van der Waals surface area (Å²) in [5.41, 5.74) is 1.86. The van der Waals surface area contributed by atoms with Gasteiger partial charge in [0.25, 0.3) is 5.91 Å². The van der Waals surface area contributed by atoms with Gasteiger partial charge in [0.05, 0.1) is 5.92 Å². The molecule has 1 aliphatic carbocycles. The molecule has 1 saturated carbocycles. The van der Waals surface area contributed by atoms with Crippen molar-refractivity contribution in [1.29, 1.82) is 0 Å². The zero-order chi connectivity index (χ0) is 24.9. The molecule has 2 aliphatic rings. The number of aromatic nitrogens is 2. The van der Waals surface area contributed by atoms with Gasteiger partial charge in [-0.25, -0.2) is 4.98 Å². The second kappa shape index (κ2) is 11.1. The summed E-state index contributed by atoms with van der Waals surface area (Å²) in [6.45, 7) is 7.19. The Labute approximate surface area is 208 Å². The van der Waals surface area contributed by atoms with Crippen LogP contribution in [-0.2, 0) is 4.79 Å². The topological polar surface area (TPSA) is 102 Å². The number of rotatable bonds is 7. The first-order chi connectivity index (χ1) is 16.8. The quantitative estimate of drug-likeness (QED) is 0.522. The van der Waals surface area contributed by atoms with Crippen LogP contribution in [0.5, 0.6) is 0 Å². The van der Waals surface area contributed by atoms with Gasteiger partial charge in [-0.3, -0.25) is 9.59 Å². The van der Waals surface area contributed by atoms with Gasteiger partial charge in [-0.2, -0.15) is 4.98 Å². The lowest BCUT2D eigenvalue weighted by atomic mass is 9.97. The highest BCUT2D eigenvalue weighted by Crippen LogP contribution is 2.28. The van der Waals surface area contributed by atoms with Crippen LogP contribution in [-0.4, -0.2) is 84.7 Å². The predicted molar refractivity (Wildman–Crippen MR) is 139 cm³/mol. The number of hydrogen-bond acceptors (Lipinski definition) is 7. The molecule has 1 aliphatic heterocycles. The van der Waals surface area contributed by atoms with Crippen LogP contribution in [0.4, 0.5) is 17.5 Å². The maximum atomic E-state index is 12.8. The van der Waals surface area contributed by atoms with Crippen LogP contribution in [0.15, 0.2) is 30.5 Å². The molecule has 35 heavy (non-hydrogen) atoms. The number of nitrogens with one attached hydrogen (secondary N) is 3. The minimum atomic E-state index is -0.117. The smallest absolute Gasteiger partial charge is 0.253 e. The first-order valence-electron chi connectivity index (χ1n) is 12.3. The molecule has 2 radical (unpaired) electrons. The van der Waals surface area contributed by atoms with Gasteiger partial charge in [0.1, 0.15) is 13.7 Å². The molecule has 1 saturated heterocycles. The van der Waals surface area contributed by atoms with Crippen molar-refractivity contribution in [2.45, 2.75) is 45.2 Å². The molecule has 10 heteroatoms. The van der Waals surface area contributed by atoms with E-state index in [0.717, 1.165) is 51.1 Å². The van der Waals surface area contributed by atoms with Gasteiger partial charge in [-0.05, 0) is 63.5 Å². The summed E-state index contributed by atoms with van der Waals surface area (Å²) in [5, 5.41) is 9.56. The standard InChI is InChI=1S/C25H34BN7O2/c1-16(2)28-23(34)19-5-4-6-21(19)30-22-20(26)15-27-25(31-22)29-18-9-7-17(8-10-18)24(35)33-13-11-32(3)12-14-33/h7-10,15-16,19,21H,4-6,11-14H2,1-3H3,(H,28,34)(H2,27,29,30,31)/t19-,21+/m0/s1. The van der Waals surface area contributed by atoms with E-state index in [1.165, 1.54) is 0 Å². The minimum absolute atomic E-state index is 0.0290. The molecule has 0 bridgehead atoms. The Hall–Kier alpha value is -3.14. The van der Waals surface area contributed by atoms with Gasteiger partial charge >= 0.3 is 0 Å². The third kappa shape index (κ3) is 6.30. The highest BCUT2D eigenvalue weighted by Gasteiger charge is 2.33. The number of nitrogens with zero attached hydrogens (tertiary/aromatic N) is 4. The SMILES string of the molecule is [B]c1cnc(Nc2ccc(C(=O)N3CCN(C)CC3)cc2)nc1N[C@@H]1CCC[C@@H]1C(=O)NC(C)C. The Morgan fingerprint density at radius 1 is 1.09 bits per heavy atom. The van der Waals surface area contributed by atoms with Crippen molar-refractivity contribution in [1.82, 2.24) is 25.1 Å². The number of likely N-dealkylation sites (N-methyl/N-ethyl adjacent to an activating group) is 1. The zero-order valence-corrected chi connectivity index (χ0v) is 20.8. The first kappa shape index (κ1) is 25.0. The summed E-state index contributed by atoms with van der Waals surface area (Å²) in [6, 6.07) is 7.40. The van der Waals surface area contributed by atoms with Gasteiger partial charge < -0.3 is 25.8 Å². The fourth-order valence-corrected chi connectivity index (χ4v) is 4.60. The molecule has 1 aromatic carbocycles. The molecular weight excluding hydrogens is 441 g/mol. The van der Waals surface area contributed by atoms with Gasteiger partial charge in [-0.15, -0.1) is 0 Å². The molecule has 2 aromatic rings. The molecule has 2 fully saturated rings. The Bertz CT molecular complexity index is 1040. The highest BCUT2D eigenvalue weighted by atomic mass is 16.2. The highest BCUT2D eigenvalue weighted by molar-refractivity contribution is 6.35. The second-order valence-electron chi connectivity index (χ2n) is 9.75. The van der Waals surface area contributed by atoms with E-state index in [1.54, 1.807) is 6.20 Å². The molecule has 2 heterocycles. The molecule has 9 nitrogen and oxygen atoms in total. The van der Waals surface area contributed by atoms with Crippen LogP contribution in [0.3, 0.4) is 0 Å². The van der Waals surface area contributed by atoms with Gasteiger partial charge in [0.15, 0.2) is 0 Å². The number of anilines is 3. The van der Waals surface area contributed by atoms with Crippen LogP contribution in [0, 0.1) is 5.92 Å². The van der Waals surface area contributed by atoms with E-state index >= 15 is 0 Å². The molecule has 2 atom stereocenters. The van der Waals surface area contributed by atoms with Gasteiger partial charge in [-0.1, -0.05) is 6.42 Å². The molecule has 3 N–H and O–H groups in total. The molecule has 2 amide bonds. The van der Waals surface area contributed by atoms with Crippen LogP contribution in [0.2, 0.25) is 0 Å². The number of carbonyl (C=O) groups excluding carboxylic acids is 2. The van der Waals surface area contributed by atoms with E-state index < -0.39 is 0 Å². The Balaban J connectivity index is 1.40. The largest absolute Gasteiger partial charge is 0.367 e. The van der Waals surface area contributed by atoms with E-state index in [4.69, 9.17) is 7.85 Å². The monoisotopic (exact) mass is 475 g/mol. The second-order valence-corrected chi connectivity index (χ2v) is 9.75. The fraction of sp³-hybridized carbons (Fsp3) is 0.520. The summed E-state index contributed by atoms with van der Waals surface area (Å²) in [4.78, 5) is 38.3. The lowest BCUT2D eigenvalue weighted by molar-refractivity contribution is -0.125. The average Bonchev–Trinajstić information content (AvgIpc) is 3.30. The third-order valence-corrected chi connectivity index (χ3v) is 6.60. The predicted octanol–water partition coefficient (Wildman–Crippen LogP) is 1.51. The summed E-state index contributed by atoms with van der Waals surface area (Å²) < 4.78 is 0. The van der Waals surface area contributed by atoms with Crippen molar-refractivity contribution in [2.75, 3.05) is 43.9 Å². The summed E-state index contributed by atoms with van der Waals surface area (Å²) in [5.74, 6) is 0.896. The van der Waals surface area contributed by atoms with Crippen molar-refractivity contribution in [2.24, 2.45) is 5.92 Å². The summed E-state index contributed by atoms with van der Waals surface area (Å²) >= 11 is 0. The minimum Gasteiger partial charge on any atom is -0.367 e. The number of piperazine rings is 1. The molecule has 4 rings (SSSR count). The van der Waals surface area contributed by atoms with Crippen molar-refractivity contribution in [3.05, 3.63) is 36.0 Å². The van der Waals surface area contributed by atoms with Crippen molar-refractivity contribution < 1.29 is 9.59 Å². The van der Waals surface area contributed by atoms with E-state index in [1.807, 2.05) is 43.0 Å². The van der Waals surface area contributed by atoms with E-state index in [-0.39, 0.29) is 29.8 Å². The van der Waals surface area contributed by atoms with E-state index in [9.17, 15) is 9.59 Å². The lowest BCUT2D eigenvalue weighted by Gasteiger charge is -2.32. The number of hydrogen-bond donors (Lipinski definition) is 3. The Kier molecular flexibility index (Phi) is 7.90. The Morgan fingerprint density at radius 3 is 2.49 bits per heavy atom. The third-order valence-electron chi connectivity index (χ3n) is 6.60. The molecule has 1 aromatic heterocycles. The maximum absolute atomic E-state index is 12.8. The normalized spacial score (nSPS) is 20.6. The Morgan fingerprint density at radius 2 is 1.80 bits per heavy atom. The van der Waals surface area contributed by atoms with Crippen LogP contribution in [0.1, 0.15) is 43.5 Å². The summed E-state index contributed by atoms with van der Waals surface area (Å²) in [7, 11) is 8.20. The maximum Gasteiger partial charge on any atom is 0.253 e. The van der Waals surface area contributed by atoms with Gasteiger partial charge in [0.2, 0.25) is 11.9 Å². The summed E-state index contributed by atoms with van der Waals surface area (Å²) in [6.07, 6.45) is 4.25. The molecule has 0 unspecified atom stereocenters. The van der Waals surface area contributed by atoms with Crippen molar-refractivity contribution in [3.8, 4) is 0 Å². The first-order valence-corrected chi connectivity index (χ1v) is 12.3. The van der Waals surface area contributed by atoms with Crippen molar-refractivity contribution in [3.63, 3.8) is 0 Å². The molecule has 0 spiro atoms. The van der Waals surface area contributed by atoms with Crippen LogP contribution >= 0.6 is 0 Å². The van der Waals surface area contributed by atoms with Crippen LogP contribution in [0.25, 0.3) is 0 Å². The van der Waals surface area contributed by atoms with Crippen molar-refractivity contribution >= 4 is 42.6 Å². The van der Waals surface area contributed by atoms with E-state index in [2.05, 4.69) is 37.9 Å². The molecule has 184 valence electrons. The van der Waals surface area contributed by atoms with Crippen LogP contribution < -0.4 is 21.4 Å². The zero-order valence-electron chi connectivity index (χ0n) is 20.8. The fourth-order valence-electron chi connectivity index (χ4n) is 4.60.